The minimum Gasteiger partial charge on any atom is -0.493 e. The van der Waals surface area contributed by atoms with E-state index in [1.165, 1.54) is 25.5 Å². The lowest BCUT2D eigenvalue weighted by Crippen LogP contribution is -2.20. The van der Waals surface area contributed by atoms with Crippen LogP contribution in [0, 0.1) is 0 Å². The lowest BCUT2D eigenvalue weighted by Gasteiger charge is -2.09. The highest BCUT2D eigenvalue weighted by atomic mass is 79.9. The number of amides is 1. The zero-order chi connectivity index (χ0) is 19.2. The number of ether oxygens (including phenoxy) is 2. The molecule has 138 valence electrons. The van der Waals surface area contributed by atoms with Crippen LogP contribution in [0.5, 0.6) is 11.5 Å². The summed E-state index contributed by atoms with van der Waals surface area (Å²) in [6, 6.07) is 10.9. The summed E-state index contributed by atoms with van der Waals surface area (Å²) in [4.78, 5) is 13.0. The summed E-state index contributed by atoms with van der Waals surface area (Å²) >= 11 is 3.24. The van der Waals surface area contributed by atoms with Gasteiger partial charge >= 0.3 is 0 Å². The Bertz CT molecular complexity index is 914. The maximum absolute atomic E-state index is 12.1. The number of halogens is 1. The monoisotopic (exact) mass is 441 g/mol. The predicted molar refractivity (Wildman–Crippen MR) is 99.7 cm³/mol. The highest BCUT2D eigenvalue weighted by Crippen LogP contribution is 2.27. The van der Waals surface area contributed by atoms with Crippen molar-refractivity contribution in [3.05, 3.63) is 52.5 Å². The molecular weight excluding hydrogens is 426 g/mol. The van der Waals surface area contributed by atoms with Gasteiger partial charge in [0.15, 0.2) is 18.1 Å². The lowest BCUT2D eigenvalue weighted by atomic mass is 10.2. The van der Waals surface area contributed by atoms with Crippen molar-refractivity contribution in [2.45, 2.75) is 4.90 Å². The van der Waals surface area contributed by atoms with Gasteiger partial charge in [-0.25, -0.2) is 4.83 Å². The van der Waals surface area contributed by atoms with Gasteiger partial charge in [-0.2, -0.15) is 13.5 Å². The number of nitrogens with zero attached hydrogens (tertiary/aromatic N) is 1. The molecule has 0 spiro atoms. The van der Waals surface area contributed by atoms with Gasteiger partial charge in [0.25, 0.3) is 15.9 Å². The highest BCUT2D eigenvalue weighted by Gasteiger charge is 2.12. The molecule has 1 amide bonds. The molecule has 0 saturated carbocycles. The zero-order valence-electron chi connectivity index (χ0n) is 13.7. The Labute approximate surface area is 159 Å². The van der Waals surface area contributed by atoms with Crippen LogP contribution < -0.4 is 20.0 Å². The van der Waals surface area contributed by atoms with Crippen LogP contribution in [0.2, 0.25) is 0 Å². The number of carbonyl (C=O) groups is 1. The van der Waals surface area contributed by atoms with Gasteiger partial charge in [-0.1, -0.05) is 15.9 Å². The van der Waals surface area contributed by atoms with Gasteiger partial charge in [-0.15, -0.1) is 0 Å². The average molecular weight is 442 g/mol. The number of benzene rings is 2. The fourth-order valence-electron chi connectivity index (χ4n) is 1.87. The molecule has 0 heterocycles. The number of hydrogen-bond donors (Lipinski definition) is 2. The summed E-state index contributed by atoms with van der Waals surface area (Å²) in [6.07, 6.45) is 1.32. The first kappa shape index (κ1) is 19.7. The molecule has 0 radical (unpaired) electrons. The fraction of sp³-hybridized carbons (Fsp3) is 0.125. The zero-order valence-corrected chi connectivity index (χ0v) is 16.1. The van der Waals surface area contributed by atoms with E-state index in [0.717, 1.165) is 4.47 Å². The van der Waals surface area contributed by atoms with Gasteiger partial charge in [0.05, 0.1) is 18.2 Å². The minimum atomic E-state index is -3.77. The Hall–Kier alpha value is -2.59. The Morgan fingerprint density at radius 1 is 1.23 bits per heavy atom. The molecule has 2 aromatic carbocycles. The second-order valence-electron chi connectivity index (χ2n) is 4.97. The SMILES string of the molecule is COc1cc(/C=N/NS(=O)(=O)c2ccc(Br)cc2)ccc1OCC(N)=O. The molecule has 0 fully saturated rings. The van der Waals surface area contributed by atoms with Crippen molar-refractivity contribution < 1.29 is 22.7 Å². The molecule has 0 aromatic heterocycles. The van der Waals surface area contributed by atoms with Crippen molar-refractivity contribution in [3.8, 4) is 11.5 Å². The highest BCUT2D eigenvalue weighted by molar-refractivity contribution is 9.10. The van der Waals surface area contributed by atoms with Crippen LogP contribution in [-0.4, -0.2) is 34.3 Å². The number of primary amides is 1. The number of carbonyl (C=O) groups excluding carboxylic acids is 1. The van der Waals surface area contributed by atoms with E-state index in [9.17, 15) is 13.2 Å². The Balaban J connectivity index is 2.10. The summed E-state index contributed by atoms with van der Waals surface area (Å²) in [7, 11) is -2.33. The van der Waals surface area contributed by atoms with E-state index < -0.39 is 15.9 Å². The van der Waals surface area contributed by atoms with Crippen LogP contribution in [-0.2, 0) is 14.8 Å². The van der Waals surface area contributed by atoms with Crippen molar-refractivity contribution in [2.24, 2.45) is 10.8 Å². The largest absolute Gasteiger partial charge is 0.493 e. The number of sulfonamides is 1. The third kappa shape index (κ3) is 5.46. The quantitative estimate of drug-likeness (QED) is 0.476. The number of methoxy groups -OCH3 is 1. The molecule has 26 heavy (non-hydrogen) atoms. The van der Waals surface area contributed by atoms with E-state index in [-0.39, 0.29) is 11.5 Å². The molecule has 2 aromatic rings. The number of hydrazone groups is 1. The van der Waals surface area contributed by atoms with Crippen molar-refractivity contribution in [3.63, 3.8) is 0 Å². The Morgan fingerprint density at radius 2 is 1.92 bits per heavy atom. The van der Waals surface area contributed by atoms with Crippen LogP contribution in [0.25, 0.3) is 0 Å². The summed E-state index contributed by atoms with van der Waals surface area (Å²) in [5.41, 5.74) is 5.59. The van der Waals surface area contributed by atoms with Crippen LogP contribution in [0.1, 0.15) is 5.56 Å². The summed E-state index contributed by atoms with van der Waals surface area (Å²) in [5.74, 6) is 0.0740. The van der Waals surface area contributed by atoms with Crippen molar-refractivity contribution in [1.82, 2.24) is 4.83 Å². The topological polar surface area (TPSA) is 120 Å². The normalized spacial score (nSPS) is 11.3. The van der Waals surface area contributed by atoms with Gasteiger partial charge in [-0.3, -0.25) is 4.79 Å². The first-order valence-electron chi connectivity index (χ1n) is 7.21. The third-order valence-electron chi connectivity index (χ3n) is 3.07. The van der Waals surface area contributed by atoms with Gasteiger partial charge in [0, 0.05) is 4.47 Å². The van der Waals surface area contributed by atoms with Crippen molar-refractivity contribution in [1.29, 1.82) is 0 Å². The lowest BCUT2D eigenvalue weighted by molar-refractivity contribution is -0.119. The fourth-order valence-corrected chi connectivity index (χ4v) is 2.92. The van der Waals surface area contributed by atoms with Gasteiger partial charge in [-0.05, 0) is 48.0 Å². The average Bonchev–Trinajstić information content (AvgIpc) is 2.60. The number of nitrogens with two attached hydrogens (primary N) is 1. The molecule has 8 nitrogen and oxygen atoms in total. The smallest absolute Gasteiger partial charge is 0.276 e. The molecule has 0 bridgehead atoms. The maximum Gasteiger partial charge on any atom is 0.276 e. The molecule has 2 rings (SSSR count). The summed E-state index contributed by atoms with van der Waals surface area (Å²) in [6.45, 7) is -0.281. The first-order chi connectivity index (χ1) is 12.3. The van der Waals surface area contributed by atoms with Crippen molar-refractivity contribution >= 4 is 38.1 Å². The molecule has 0 atom stereocenters. The molecular formula is C16H16BrN3O5S. The molecule has 0 saturated heterocycles. The third-order valence-corrected chi connectivity index (χ3v) is 4.84. The van der Waals surface area contributed by atoms with E-state index >= 15 is 0 Å². The maximum atomic E-state index is 12.1. The van der Waals surface area contributed by atoms with Crippen molar-refractivity contribution in [2.75, 3.05) is 13.7 Å². The van der Waals surface area contributed by atoms with E-state index in [1.54, 1.807) is 30.3 Å². The molecule has 10 heteroatoms. The van der Waals surface area contributed by atoms with E-state index in [4.69, 9.17) is 15.2 Å². The predicted octanol–water partition coefficient (Wildman–Crippen LogP) is 1.63. The summed E-state index contributed by atoms with van der Waals surface area (Å²) in [5, 5.41) is 3.75. The van der Waals surface area contributed by atoms with E-state index in [1.807, 2.05) is 0 Å². The second kappa shape index (κ2) is 8.68. The Morgan fingerprint density at radius 3 is 2.54 bits per heavy atom. The standard InChI is InChI=1S/C16H16BrN3O5S/c1-24-15-8-11(2-7-14(15)25-10-16(18)21)9-19-20-26(22,23)13-5-3-12(17)4-6-13/h2-9,20H,10H2,1H3,(H2,18,21)/b19-9+. The van der Waals surface area contributed by atoms with Gasteiger partial charge < -0.3 is 15.2 Å². The molecule has 0 aliphatic rings. The molecule has 0 unspecified atom stereocenters. The first-order valence-corrected chi connectivity index (χ1v) is 9.49. The van der Waals surface area contributed by atoms with Crippen LogP contribution in [0.4, 0.5) is 0 Å². The molecule has 3 N–H and O–H groups in total. The molecule has 0 aliphatic heterocycles. The Kier molecular flexibility index (Phi) is 6.58. The summed E-state index contributed by atoms with van der Waals surface area (Å²) < 4.78 is 35.4. The van der Waals surface area contributed by atoms with Crippen LogP contribution in [0.15, 0.2) is 56.9 Å². The number of rotatable bonds is 8. The minimum absolute atomic E-state index is 0.0885. The van der Waals surface area contributed by atoms with Crippen LogP contribution in [0.3, 0.4) is 0 Å². The number of hydrogen-bond acceptors (Lipinski definition) is 6. The molecule has 0 aliphatic carbocycles. The number of nitrogens with one attached hydrogen (secondary N) is 1. The van der Waals surface area contributed by atoms with E-state index in [0.29, 0.717) is 17.1 Å². The van der Waals surface area contributed by atoms with Crippen LogP contribution >= 0.6 is 15.9 Å². The van der Waals surface area contributed by atoms with E-state index in [2.05, 4.69) is 25.9 Å². The van der Waals surface area contributed by atoms with Gasteiger partial charge in [0.2, 0.25) is 0 Å². The van der Waals surface area contributed by atoms with Gasteiger partial charge in [0.1, 0.15) is 0 Å². The second-order valence-corrected chi connectivity index (χ2v) is 7.55.